The Morgan fingerprint density at radius 1 is 1.43 bits per heavy atom. The van der Waals surface area contributed by atoms with Gasteiger partial charge < -0.3 is 10.1 Å². The van der Waals surface area contributed by atoms with E-state index in [-0.39, 0.29) is 28.6 Å². The first-order valence-corrected chi connectivity index (χ1v) is 8.41. The number of hydrogen-bond donors (Lipinski definition) is 2. The van der Waals surface area contributed by atoms with Gasteiger partial charge in [-0.25, -0.2) is 17.5 Å². The maximum atomic E-state index is 13.8. The standard InChI is InChI=1S/C13H18ClFN2O3S/c1-16-7-8-3-11(6-12(15)13(8)14)21(18,19)17-9-4-10(5-9)20-2/h3,6,9-10,16-17H,4-5,7H2,1-2H3. The summed E-state index contributed by atoms with van der Waals surface area (Å²) in [6.45, 7) is 0.286. The Morgan fingerprint density at radius 2 is 2.10 bits per heavy atom. The van der Waals surface area contributed by atoms with Gasteiger partial charge >= 0.3 is 0 Å². The van der Waals surface area contributed by atoms with Crippen LogP contribution >= 0.6 is 11.6 Å². The van der Waals surface area contributed by atoms with Crippen LogP contribution in [0.2, 0.25) is 5.02 Å². The molecule has 0 aliphatic heterocycles. The molecule has 0 atom stereocenters. The molecule has 0 heterocycles. The first-order chi connectivity index (χ1) is 9.87. The van der Waals surface area contributed by atoms with Crippen molar-refractivity contribution in [1.29, 1.82) is 0 Å². The summed E-state index contributed by atoms with van der Waals surface area (Å²) in [5.74, 6) is -0.742. The Bertz CT molecular complexity index is 618. The van der Waals surface area contributed by atoms with Crippen molar-refractivity contribution in [3.05, 3.63) is 28.5 Å². The van der Waals surface area contributed by atoms with Crippen molar-refractivity contribution in [1.82, 2.24) is 10.0 Å². The Balaban J connectivity index is 2.20. The molecule has 1 aromatic rings. The van der Waals surface area contributed by atoms with Gasteiger partial charge in [-0.2, -0.15) is 0 Å². The van der Waals surface area contributed by atoms with Crippen LogP contribution in [0.4, 0.5) is 4.39 Å². The fourth-order valence-corrected chi connectivity index (χ4v) is 3.73. The number of hydrogen-bond acceptors (Lipinski definition) is 4. The molecule has 8 heteroatoms. The van der Waals surface area contributed by atoms with E-state index >= 15 is 0 Å². The van der Waals surface area contributed by atoms with Gasteiger partial charge in [0.2, 0.25) is 10.0 Å². The highest BCUT2D eigenvalue weighted by Gasteiger charge is 2.33. The zero-order valence-electron chi connectivity index (χ0n) is 11.8. The Morgan fingerprint density at radius 3 is 2.67 bits per heavy atom. The van der Waals surface area contributed by atoms with Crippen molar-refractivity contribution < 1.29 is 17.5 Å². The summed E-state index contributed by atoms with van der Waals surface area (Å²) in [7, 11) is -0.499. The first-order valence-electron chi connectivity index (χ1n) is 6.55. The molecule has 1 fully saturated rings. The van der Waals surface area contributed by atoms with Gasteiger partial charge in [-0.3, -0.25) is 0 Å². The minimum atomic E-state index is -3.76. The second kappa shape index (κ2) is 6.58. The molecule has 1 aromatic carbocycles. The van der Waals surface area contributed by atoms with Gasteiger partial charge in [0.1, 0.15) is 5.82 Å². The van der Waals surface area contributed by atoms with Crippen LogP contribution in [0, 0.1) is 5.82 Å². The van der Waals surface area contributed by atoms with Crippen LogP contribution in [0.3, 0.4) is 0 Å². The quantitative estimate of drug-likeness (QED) is 0.829. The van der Waals surface area contributed by atoms with Crippen LogP contribution in [-0.2, 0) is 21.3 Å². The van der Waals surface area contributed by atoms with E-state index in [2.05, 4.69) is 10.0 Å². The topological polar surface area (TPSA) is 67.4 Å². The molecule has 0 aromatic heterocycles. The van der Waals surface area contributed by atoms with E-state index in [0.29, 0.717) is 18.4 Å². The lowest BCUT2D eigenvalue weighted by Gasteiger charge is -2.34. The Labute approximate surface area is 128 Å². The predicted molar refractivity (Wildman–Crippen MR) is 78.3 cm³/mol. The maximum absolute atomic E-state index is 13.8. The smallest absolute Gasteiger partial charge is 0.240 e. The fourth-order valence-electron chi connectivity index (χ4n) is 2.23. The molecule has 2 N–H and O–H groups in total. The SMILES string of the molecule is CNCc1cc(S(=O)(=O)NC2CC(OC)C2)cc(F)c1Cl. The predicted octanol–water partition coefficient (Wildman–Crippen LogP) is 1.65. The van der Waals surface area contributed by atoms with E-state index in [1.54, 1.807) is 14.2 Å². The van der Waals surface area contributed by atoms with Crippen molar-refractivity contribution in [3.8, 4) is 0 Å². The van der Waals surface area contributed by atoms with Crippen molar-refractivity contribution >= 4 is 21.6 Å². The normalized spacial score (nSPS) is 22.1. The van der Waals surface area contributed by atoms with E-state index in [9.17, 15) is 12.8 Å². The largest absolute Gasteiger partial charge is 0.381 e. The van der Waals surface area contributed by atoms with Crippen LogP contribution in [-0.4, -0.2) is 34.7 Å². The third-order valence-electron chi connectivity index (χ3n) is 3.50. The van der Waals surface area contributed by atoms with Crippen LogP contribution in [0.25, 0.3) is 0 Å². The van der Waals surface area contributed by atoms with Gasteiger partial charge in [-0.1, -0.05) is 11.6 Å². The summed E-state index contributed by atoms with van der Waals surface area (Å²) in [4.78, 5) is -0.115. The third-order valence-corrected chi connectivity index (χ3v) is 5.43. The highest BCUT2D eigenvalue weighted by atomic mass is 35.5. The molecule has 1 aliphatic rings. The van der Waals surface area contributed by atoms with Crippen LogP contribution in [0.15, 0.2) is 17.0 Å². The lowest BCUT2D eigenvalue weighted by Crippen LogP contribution is -2.47. The van der Waals surface area contributed by atoms with Gasteiger partial charge in [-0.05, 0) is 37.6 Å². The molecule has 5 nitrogen and oxygen atoms in total. The number of benzene rings is 1. The summed E-state index contributed by atoms with van der Waals surface area (Å²) >= 11 is 5.83. The first kappa shape index (κ1) is 16.6. The van der Waals surface area contributed by atoms with Gasteiger partial charge in [0.25, 0.3) is 0 Å². The van der Waals surface area contributed by atoms with E-state index in [1.165, 1.54) is 6.07 Å². The average Bonchev–Trinajstić information content (AvgIpc) is 2.38. The minimum Gasteiger partial charge on any atom is -0.381 e. The summed E-state index contributed by atoms with van der Waals surface area (Å²) in [5, 5.41) is 2.76. The zero-order valence-corrected chi connectivity index (χ0v) is 13.4. The molecule has 0 saturated heterocycles. The molecule has 1 saturated carbocycles. The van der Waals surface area contributed by atoms with Crippen molar-refractivity contribution in [2.45, 2.75) is 36.4 Å². The lowest BCUT2D eigenvalue weighted by atomic mass is 9.90. The van der Waals surface area contributed by atoms with Crippen LogP contribution in [0.1, 0.15) is 18.4 Å². The molecule has 0 unspecified atom stereocenters. The molecule has 1 aliphatic carbocycles. The van der Waals surface area contributed by atoms with E-state index in [4.69, 9.17) is 16.3 Å². The zero-order chi connectivity index (χ0) is 15.6. The number of ether oxygens (including phenoxy) is 1. The second-order valence-corrected chi connectivity index (χ2v) is 7.15. The number of methoxy groups -OCH3 is 1. The van der Waals surface area contributed by atoms with E-state index in [1.807, 2.05) is 0 Å². The molecule has 118 valence electrons. The second-order valence-electron chi connectivity index (χ2n) is 5.06. The van der Waals surface area contributed by atoms with Gasteiger partial charge in [-0.15, -0.1) is 0 Å². The summed E-state index contributed by atoms with van der Waals surface area (Å²) in [6.07, 6.45) is 1.32. The van der Waals surface area contributed by atoms with Crippen LogP contribution in [0.5, 0.6) is 0 Å². The molecular weight excluding hydrogens is 319 g/mol. The minimum absolute atomic E-state index is 0.0635. The fraction of sp³-hybridized carbons (Fsp3) is 0.538. The maximum Gasteiger partial charge on any atom is 0.240 e. The molecule has 0 radical (unpaired) electrons. The van der Waals surface area contributed by atoms with Crippen LogP contribution < -0.4 is 10.0 Å². The highest BCUT2D eigenvalue weighted by molar-refractivity contribution is 7.89. The van der Waals surface area contributed by atoms with Crippen molar-refractivity contribution in [2.24, 2.45) is 0 Å². The van der Waals surface area contributed by atoms with E-state index < -0.39 is 15.8 Å². The van der Waals surface area contributed by atoms with Gasteiger partial charge in [0, 0.05) is 19.7 Å². The number of halogens is 2. The molecule has 2 rings (SSSR count). The summed E-state index contributed by atoms with van der Waals surface area (Å²) in [5.41, 5.74) is 0.405. The molecule has 21 heavy (non-hydrogen) atoms. The Hall–Kier alpha value is -0.730. The number of nitrogens with one attached hydrogen (secondary N) is 2. The molecule has 0 amide bonds. The number of rotatable bonds is 6. The Kier molecular flexibility index (Phi) is 5.21. The van der Waals surface area contributed by atoms with Gasteiger partial charge in [0.15, 0.2) is 0 Å². The monoisotopic (exact) mass is 336 g/mol. The molecular formula is C13H18ClFN2O3S. The van der Waals surface area contributed by atoms with Crippen molar-refractivity contribution in [2.75, 3.05) is 14.2 Å². The number of sulfonamides is 1. The highest BCUT2D eigenvalue weighted by Crippen LogP contribution is 2.27. The van der Waals surface area contributed by atoms with Crippen molar-refractivity contribution in [3.63, 3.8) is 0 Å². The molecule has 0 bridgehead atoms. The third kappa shape index (κ3) is 3.73. The summed E-state index contributed by atoms with van der Waals surface area (Å²) in [6, 6.07) is 2.15. The lowest BCUT2D eigenvalue weighted by molar-refractivity contribution is 0.0236. The van der Waals surface area contributed by atoms with Gasteiger partial charge in [0.05, 0.1) is 16.0 Å². The average molecular weight is 337 g/mol. The van der Waals surface area contributed by atoms with E-state index in [0.717, 1.165) is 6.07 Å². The summed E-state index contributed by atoms with van der Waals surface area (Å²) < 4.78 is 46.0. The molecule has 0 spiro atoms.